The minimum Gasteiger partial charge on any atom is -0.508 e. The van der Waals surface area contributed by atoms with Crippen molar-refractivity contribution in [2.45, 2.75) is 68.5 Å². The van der Waals surface area contributed by atoms with Gasteiger partial charge in [-0.1, -0.05) is 17.5 Å². The number of rotatable bonds is 3. The third-order valence-electron chi connectivity index (χ3n) is 9.26. The van der Waals surface area contributed by atoms with Crippen LogP contribution >= 0.6 is 11.6 Å². The van der Waals surface area contributed by atoms with Gasteiger partial charge in [0, 0.05) is 35.8 Å². The number of phenols is 1. The average Bonchev–Trinajstić information content (AvgIpc) is 3.23. The molecule has 2 bridgehead atoms. The van der Waals surface area contributed by atoms with Gasteiger partial charge in [0.2, 0.25) is 5.82 Å². The molecule has 1 aliphatic carbocycles. The van der Waals surface area contributed by atoms with E-state index in [1.54, 1.807) is 0 Å². The van der Waals surface area contributed by atoms with Crippen molar-refractivity contribution in [2.24, 2.45) is 0 Å². The van der Waals surface area contributed by atoms with Crippen molar-refractivity contribution in [3.63, 3.8) is 0 Å². The van der Waals surface area contributed by atoms with Crippen LogP contribution in [0.5, 0.6) is 5.75 Å². The quantitative estimate of drug-likeness (QED) is 0.478. The predicted molar refractivity (Wildman–Crippen MR) is 146 cm³/mol. The zero-order valence-electron chi connectivity index (χ0n) is 21.6. The fourth-order valence-corrected chi connectivity index (χ4v) is 7.63. The summed E-state index contributed by atoms with van der Waals surface area (Å²) in [7, 11) is 0. The number of halogens is 2. The van der Waals surface area contributed by atoms with E-state index in [0.717, 1.165) is 76.7 Å². The molecule has 8 rings (SSSR count). The van der Waals surface area contributed by atoms with Gasteiger partial charge in [0.25, 0.3) is 0 Å². The van der Waals surface area contributed by atoms with Crippen LogP contribution in [0.2, 0.25) is 5.02 Å². The number of aromatic hydroxyl groups is 1. The van der Waals surface area contributed by atoms with E-state index in [9.17, 15) is 5.11 Å². The van der Waals surface area contributed by atoms with E-state index in [1.165, 1.54) is 12.1 Å². The molecule has 4 saturated heterocycles. The van der Waals surface area contributed by atoms with E-state index in [4.69, 9.17) is 16.6 Å². The van der Waals surface area contributed by atoms with Crippen molar-refractivity contribution in [1.29, 1.82) is 0 Å². The molecule has 2 N–H and O–H groups in total. The summed E-state index contributed by atoms with van der Waals surface area (Å²) in [6.45, 7) is 3.79. The average molecular weight is 546 g/mol. The molecule has 2 atom stereocenters. The lowest BCUT2D eigenvalue weighted by Crippen LogP contribution is -2.44. The standard InChI is InChI=1S/C29H29ClFN7O/c30-21-13-19(39)12-20(23(21)16-3-4-16)25-24(31)26-27(36-35-25)28(38-15-17-11-18(38)14-32-17)34-22(33-26)5-8-29-6-1-9-37(29)10-2-7-29/h12-13,16-18,32,39H,1-4,6-7,9-11,14-15H2/t17-,18-/m0/s1. The molecule has 10 heteroatoms. The lowest BCUT2D eigenvalue weighted by Gasteiger charge is -2.29. The molecule has 1 saturated carbocycles. The third kappa shape index (κ3) is 3.80. The highest BCUT2D eigenvalue weighted by Gasteiger charge is 2.43. The highest BCUT2D eigenvalue weighted by Crippen LogP contribution is 2.49. The number of benzene rings is 1. The number of nitrogens with zero attached hydrogens (tertiary/aromatic N) is 6. The first kappa shape index (κ1) is 23.8. The molecule has 2 aromatic heterocycles. The van der Waals surface area contributed by atoms with Gasteiger partial charge in [-0.25, -0.2) is 14.4 Å². The Morgan fingerprint density at radius 1 is 1.10 bits per heavy atom. The van der Waals surface area contributed by atoms with Gasteiger partial charge in [-0.15, -0.1) is 10.2 Å². The van der Waals surface area contributed by atoms with Crippen molar-refractivity contribution in [3.8, 4) is 28.8 Å². The maximum absolute atomic E-state index is 16.5. The zero-order valence-corrected chi connectivity index (χ0v) is 22.3. The van der Waals surface area contributed by atoms with Gasteiger partial charge in [0.15, 0.2) is 17.2 Å². The summed E-state index contributed by atoms with van der Waals surface area (Å²) in [5.74, 6) is 7.29. The Bertz CT molecular complexity index is 1570. The van der Waals surface area contributed by atoms with Crippen molar-refractivity contribution in [3.05, 3.63) is 34.4 Å². The number of phenolic OH excluding ortho intramolecular Hbond substituents is 1. The Kier molecular flexibility index (Phi) is 5.32. The monoisotopic (exact) mass is 545 g/mol. The fraction of sp³-hybridized carbons (Fsp3) is 0.517. The molecule has 6 heterocycles. The molecule has 39 heavy (non-hydrogen) atoms. The van der Waals surface area contributed by atoms with E-state index in [1.807, 2.05) is 0 Å². The Morgan fingerprint density at radius 3 is 2.64 bits per heavy atom. The summed E-state index contributed by atoms with van der Waals surface area (Å²) >= 11 is 6.52. The number of hydrogen-bond donors (Lipinski definition) is 2. The highest BCUT2D eigenvalue weighted by molar-refractivity contribution is 6.32. The van der Waals surface area contributed by atoms with Crippen LogP contribution in [-0.4, -0.2) is 74.0 Å². The highest BCUT2D eigenvalue weighted by atomic mass is 35.5. The van der Waals surface area contributed by atoms with Gasteiger partial charge in [-0.2, -0.15) is 0 Å². The topological polar surface area (TPSA) is 90.3 Å². The Hall–Kier alpha value is -3.06. The Labute approximate surface area is 231 Å². The van der Waals surface area contributed by atoms with Crippen LogP contribution < -0.4 is 10.2 Å². The number of aromatic nitrogens is 4. The smallest absolute Gasteiger partial charge is 0.207 e. The molecule has 4 aliphatic heterocycles. The molecule has 0 amide bonds. The molecule has 0 unspecified atom stereocenters. The Morgan fingerprint density at radius 2 is 1.92 bits per heavy atom. The number of nitrogens with one attached hydrogen (secondary N) is 1. The van der Waals surface area contributed by atoms with E-state index in [0.29, 0.717) is 33.8 Å². The Balaban J connectivity index is 1.30. The van der Waals surface area contributed by atoms with E-state index >= 15 is 4.39 Å². The van der Waals surface area contributed by atoms with Crippen molar-refractivity contribution < 1.29 is 9.50 Å². The predicted octanol–water partition coefficient (Wildman–Crippen LogP) is 3.99. The summed E-state index contributed by atoms with van der Waals surface area (Å²) in [6.07, 6.45) is 7.35. The lowest BCUT2D eigenvalue weighted by atomic mass is 9.95. The molecule has 5 fully saturated rings. The molecule has 1 aromatic carbocycles. The maximum atomic E-state index is 16.5. The maximum Gasteiger partial charge on any atom is 0.207 e. The van der Waals surface area contributed by atoms with Gasteiger partial charge in [-0.05, 0) is 87.6 Å². The molecule has 200 valence electrons. The van der Waals surface area contributed by atoms with Crippen LogP contribution in [0.4, 0.5) is 10.2 Å². The SMILES string of the molecule is Oc1cc(Cl)c(C2CC2)c(-c2nnc3c(N4C[C@@H]5C[C@H]4CN5)nc(C#CC45CCCN4CCC5)nc3c2F)c1. The molecule has 8 nitrogen and oxygen atoms in total. The second kappa shape index (κ2) is 8.72. The fourth-order valence-electron chi connectivity index (χ4n) is 7.26. The minimum atomic E-state index is -0.584. The van der Waals surface area contributed by atoms with Gasteiger partial charge >= 0.3 is 0 Å². The summed E-state index contributed by atoms with van der Waals surface area (Å²) in [5, 5.41) is 23.1. The molecular weight excluding hydrogens is 517 g/mol. The molecular formula is C29H29ClFN7O. The number of anilines is 1. The zero-order chi connectivity index (χ0) is 26.3. The number of piperazine rings is 1. The van der Waals surface area contributed by atoms with Crippen LogP contribution in [0, 0.1) is 17.7 Å². The van der Waals surface area contributed by atoms with Crippen molar-refractivity contribution in [2.75, 3.05) is 31.1 Å². The number of hydrogen-bond acceptors (Lipinski definition) is 8. The van der Waals surface area contributed by atoms with Crippen LogP contribution in [0.1, 0.15) is 62.3 Å². The van der Waals surface area contributed by atoms with Crippen molar-refractivity contribution in [1.82, 2.24) is 30.4 Å². The summed E-state index contributed by atoms with van der Waals surface area (Å²) < 4.78 is 16.5. The van der Waals surface area contributed by atoms with Gasteiger partial charge in [0.05, 0.1) is 5.54 Å². The van der Waals surface area contributed by atoms with Gasteiger partial charge in [0.1, 0.15) is 17.0 Å². The summed E-state index contributed by atoms with van der Waals surface area (Å²) in [5.41, 5.74) is 1.66. The first-order chi connectivity index (χ1) is 19.0. The van der Waals surface area contributed by atoms with Crippen LogP contribution in [-0.2, 0) is 0 Å². The van der Waals surface area contributed by atoms with Gasteiger partial charge < -0.3 is 15.3 Å². The van der Waals surface area contributed by atoms with Gasteiger partial charge in [-0.3, -0.25) is 4.90 Å². The minimum absolute atomic E-state index is 0.0341. The van der Waals surface area contributed by atoms with E-state index < -0.39 is 5.82 Å². The first-order valence-corrected chi connectivity index (χ1v) is 14.4. The summed E-state index contributed by atoms with van der Waals surface area (Å²) in [6, 6.07) is 3.68. The first-order valence-electron chi connectivity index (χ1n) is 14.0. The third-order valence-corrected chi connectivity index (χ3v) is 9.58. The summed E-state index contributed by atoms with van der Waals surface area (Å²) in [4.78, 5) is 14.2. The lowest BCUT2D eigenvalue weighted by molar-refractivity contribution is 0.261. The molecule has 5 aliphatic rings. The molecule has 0 radical (unpaired) electrons. The molecule has 0 spiro atoms. The van der Waals surface area contributed by atoms with Crippen LogP contribution in [0.25, 0.3) is 22.3 Å². The van der Waals surface area contributed by atoms with Crippen LogP contribution in [0.3, 0.4) is 0 Å². The number of fused-ring (bicyclic) bond motifs is 4. The van der Waals surface area contributed by atoms with Crippen molar-refractivity contribution >= 4 is 28.5 Å². The largest absolute Gasteiger partial charge is 0.508 e. The normalized spacial score (nSPS) is 25.3. The second-order valence-electron chi connectivity index (χ2n) is 11.7. The second-order valence-corrected chi connectivity index (χ2v) is 12.1. The van der Waals surface area contributed by atoms with Crippen LogP contribution in [0.15, 0.2) is 12.1 Å². The van der Waals surface area contributed by atoms with E-state index in [-0.39, 0.29) is 34.5 Å². The molecule has 3 aromatic rings. The van der Waals surface area contributed by atoms with E-state index in [2.05, 4.69) is 42.1 Å².